The third-order valence-electron chi connectivity index (χ3n) is 2.81. The predicted molar refractivity (Wildman–Crippen MR) is 95.8 cm³/mol. The zero-order chi connectivity index (χ0) is 19.4. The first-order valence-corrected chi connectivity index (χ1v) is 8.00. The summed E-state index contributed by atoms with van der Waals surface area (Å²) in [6.07, 6.45) is -1.48. The average Bonchev–Trinajstić information content (AvgIpc) is 2.40. The minimum atomic E-state index is -0.758. The number of ether oxygens (including phenoxy) is 3. The topological polar surface area (TPSA) is 77.1 Å². The Labute approximate surface area is 149 Å². The first-order valence-electron chi connectivity index (χ1n) is 8.00. The number of nitrogens with one attached hydrogen (secondary N) is 1. The number of amides is 2. The average molecular weight is 352 g/mol. The smallest absolute Gasteiger partial charge is 0.434 e. The van der Waals surface area contributed by atoms with Crippen LogP contribution in [0.2, 0.25) is 0 Å². The number of benzene rings is 1. The van der Waals surface area contributed by atoms with E-state index in [0.29, 0.717) is 11.4 Å². The summed E-state index contributed by atoms with van der Waals surface area (Å²) in [6, 6.07) is 5.06. The van der Waals surface area contributed by atoms with Gasteiger partial charge in [0.1, 0.15) is 17.0 Å². The first kappa shape index (κ1) is 20.6. The lowest BCUT2D eigenvalue weighted by Gasteiger charge is -2.29. The molecule has 0 radical (unpaired) electrons. The molecule has 1 aromatic rings. The van der Waals surface area contributed by atoms with Crippen LogP contribution in [0.1, 0.15) is 47.1 Å². The Kier molecular flexibility index (Phi) is 6.29. The molecule has 140 valence electrons. The van der Waals surface area contributed by atoms with E-state index in [-0.39, 0.29) is 0 Å². The molecule has 0 bridgehead atoms. The number of aryl methyl sites for hydroxylation is 1. The van der Waals surface area contributed by atoms with E-state index in [1.165, 1.54) is 0 Å². The monoisotopic (exact) mass is 352 g/mol. The van der Waals surface area contributed by atoms with Crippen LogP contribution in [0.3, 0.4) is 0 Å². The van der Waals surface area contributed by atoms with Gasteiger partial charge in [0.25, 0.3) is 0 Å². The summed E-state index contributed by atoms with van der Waals surface area (Å²) in [5.41, 5.74) is 2.26. The highest BCUT2D eigenvalue weighted by atomic mass is 16.6. The van der Waals surface area contributed by atoms with Gasteiger partial charge >= 0.3 is 12.2 Å². The first-order chi connectivity index (χ1) is 11.3. The van der Waals surface area contributed by atoms with Crippen LogP contribution < -0.4 is 15.2 Å². The molecule has 0 saturated carbocycles. The Morgan fingerprint density at radius 1 is 1.00 bits per heavy atom. The highest BCUT2D eigenvalue weighted by Crippen LogP contribution is 2.25. The van der Waals surface area contributed by atoms with Crippen molar-refractivity contribution in [3.63, 3.8) is 0 Å². The van der Waals surface area contributed by atoms with Gasteiger partial charge in [-0.25, -0.2) is 15.0 Å². The quantitative estimate of drug-likeness (QED) is 0.808. The normalized spacial score (nSPS) is 11.5. The van der Waals surface area contributed by atoms with Crippen LogP contribution in [0.15, 0.2) is 18.2 Å². The van der Waals surface area contributed by atoms with Gasteiger partial charge in [0.2, 0.25) is 0 Å². The van der Waals surface area contributed by atoms with Crippen LogP contribution in [-0.4, -0.2) is 30.5 Å². The van der Waals surface area contributed by atoms with Gasteiger partial charge in [-0.1, -0.05) is 0 Å². The number of carbonyl (C=O) groups is 2. The second-order valence-electron chi connectivity index (χ2n) is 7.58. The zero-order valence-corrected chi connectivity index (χ0v) is 16.2. The molecule has 0 saturated heterocycles. The third-order valence-corrected chi connectivity index (χ3v) is 2.81. The van der Waals surface area contributed by atoms with Gasteiger partial charge in [-0.3, -0.25) is 0 Å². The zero-order valence-electron chi connectivity index (χ0n) is 16.2. The fraction of sp³-hybridized carbons (Fsp3) is 0.556. The number of methoxy groups -OCH3 is 1. The Morgan fingerprint density at radius 3 is 2.00 bits per heavy atom. The lowest BCUT2D eigenvalue weighted by atomic mass is 10.2. The van der Waals surface area contributed by atoms with Crippen LogP contribution in [0.25, 0.3) is 0 Å². The molecule has 1 aromatic carbocycles. The molecule has 0 aliphatic rings. The molecule has 25 heavy (non-hydrogen) atoms. The van der Waals surface area contributed by atoms with E-state index in [2.05, 4.69) is 5.43 Å². The molecule has 7 nitrogen and oxygen atoms in total. The fourth-order valence-corrected chi connectivity index (χ4v) is 1.92. The summed E-state index contributed by atoms with van der Waals surface area (Å²) in [7, 11) is 1.56. The van der Waals surface area contributed by atoms with Gasteiger partial charge in [-0.05, 0) is 72.2 Å². The molecule has 0 aliphatic carbocycles. The van der Waals surface area contributed by atoms with Gasteiger partial charge in [0.15, 0.2) is 0 Å². The largest absolute Gasteiger partial charge is 0.496 e. The van der Waals surface area contributed by atoms with E-state index < -0.39 is 23.4 Å². The van der Waals surface area contributed by atoms with E-state index in [1.807, 2.05) is 6.92 Å². The van der Waals surface area contributed by atoms with E-state index in [0.717, 1.165) is 10.6 Å². The van der Waals surface area contributed by atoms with Gasteiger partial charge in [-0.2, -0.15) is 5.01 Å². The van der Waals surface area contributed by atoms with Crippen LogP contribution >= 0.6 is 0 Å². The van der Waals surface area contributed by atoms with Crippen molar-refractivity contribution in [3.05, 3.63) is 23.8 Å². The summed E-state index contributed by atoms with van der Waals surface area (Å²) in [5, 5.41) is 1.02. The van der Waals surface area contributed by atoms with Gasteiger partial charge in [0.05, 0.1) is 12.8 Å². The Hall–Kier alpha value is -2.44. The molecular weight excluding hydrogens is 324 g/mol. The van der Waals surface area contributed by atoms with Gasteiger partial charge < -0.3 is 14.2 Å². The molecule has 0 aromatic heterocycles. The van der Waals surface area contributed by atoms with E-state index in [4.69, 9.17) is 14.2 Å². The minimum absolute atomic E-state index is 0.429. The van der Waals surface area contributed by atoms with Gasteiger partial charge in [-0.15, -0.1) is 0 Å². The Morgan fingerprint density at radius 2 is 1.56 bits per heavy atom. The molecular formula is C18H28N2O5. The van der Waals surface area contributed by atoms with Crippen LogP contribution in [0.5, 0.6) is 5.75 Å². The fourth-order valence-electron chi connectivity index (χ4n) is 1.92. The highest BCUT2D eigenvalue weighted by molar-refractivity contribution is 5.91. The SMILES string of the molecule is COc1ccc(N(NC(=O)OC(C)(C)C)C(=O)OC(C)(C)C)cc1C. The lowest BCUT2D eigenvalue weighted by molar-refractivity contribution is 0.0425. The molecule has 2 amide bonds. The second-order valence-corrected chi connectivity index (χ2v) is 7.58. The van der Waals surface area contributed by atoms with Crippen molar-refractivity contribution in [2.45, 2.75) is 59.7 Å². The Bertz CT molecular complexity index is 629. The van der Waals surface area contributed by atoms with E-state index in [1.54, 1.807) is 66.9 Å². The van der Waals surface area contributed by atoms with Crippen molar-refractivity contribution in [2.75, 3.05) is 12.1 Å². The van der Waals surface area contributed by atoms with Crippen molar-refractivity contribution >= 4 is 17.9 Å². The molecule has 1 rings (SSSR count). The summed E-state index contributed by atoms with van der Waals surface area (Å²) >= 11 is 0. The maximum Gasteiger partial charge on any atom is 0.434 e. The minimum Gasteiger partial charge on any atom is -0.496 e. The molecule has 0 aliphatic heterocycles. The highest BCUT2D eigenvalue weighted by Gasteiger charge is 2.27. The van der Waals surface area contributed by atoms with E-state index >= 15 is 0 Å². The number of rotatable bonds is 2. The van der Waals surface area contributed by atoms with Crippen molar-refractivity contribution in [2.24, 2.45) is 0 Å². The van der Waals surface area contributed by atoms with Crippen molar-refractivity contribution in [1.29, 1.82) is 0 Å². The second kappa shape index (κ2) is 7.63. The number of nitrogens with zero attached hydrogens (tertiary/aromatic N) is 1. The number of anilines is 1. The molecule has 0 atom stereocenters. The van der Waals surface area contributed by atoms with Crippen molar-refractivity contribution in [3.8, 4) is 5.75 Å². The molecule has 7 heteroatoms. The van der Waals surface area contributed by atoms with Crippen molar-refractivity contribution in [1.82, 2.24) is 5.43 Å². The number of hydrazine groups is 1. The maximum absolute atomic E-state index is 12.5. The van der Waals surface area contributed by atoms with Crippen LogP contribution in [0.4, 0.5) is 15.3 Å². The summed E-state index contributed by atoms with van der Waals surface area (Å²) < 4.78 is 15.8. The number of hydrogen-bond acceptors (Lipinski definition) is 5. The Balaban J connectivity index is 3.12. The molecule has 0 heterocycles. The standard InChI is InChI=1S/C18H28N2O5/c1-12-11-13(9-10-14(12)23-8)20(16(22)25-18(5,6)7)19-15(21)24-17(2,3)4/h9-11H,1-8H3,(H,19,21). The van der Waals surface area contributed by atoms with E-state index in [9.17, 15) is 9.59 Å². The van der Waals surface area contributed by atoms with Crippen LogP contribution in [0, 0.1) is 6.92 Å². The molecule has 1 N–H and O–H groups in total. The maximum atomic E-state index is 12.5. The molecule has 0 spiro atoms. The third kappa shape index (κ3) is 6.91. The number of hydrogen-bond donors (Lipinski definition) is 1. The lowest BCUT2D eigenvalue weighted by Crippen LogP contribution is -2.50. The predicted octanol–water partition coefficient (Wildman–Crippen LogP) is 4.18. The number of carbonyl (C=O) groups excluding carboxylic acids is 2. The van der Waals surface area contributed by atoms with Gasteiger partial charge in [0, 0.05) is 0 Å². The summed E-state index contributed by atoms with van der Waals surface area (Å²) in [6.45, 7) is 12.3. The molecule has 0 unspecified atom stereocenters. The van der Waals surface area contributed by atoms with Crippen LogP contribution in [-0.2, 0) is 9.47 Å². The summed E-state index contributed by atoms with van der Waals surface area (Å²) in [4.78, 5) is 24.6. The summed E-state index contributed by atoms with van der Waals surface area (Å²) in [5.74, 6) is 0.671. The van der Waals surface area contributed by atoms with Crippen molar-refractivity contribution < 1.29 is 23.8 Å². The molecule has 0 fully saturated rings.